The van der Waals surface area contributed by atoms with E-state index in [1.54, 1.807) is 11.1 Å². The monoisotopic (exact) mass is 225 g/mol. The van der Waals surface area contributed by atoms with E-state index in [1.165, 1.54) is 0 Å². The fraction of sp³-hybridized carbons (Fsp3) is 0.636. The number of urea groups is 1. The summed E-state index contributed by atoms with van der Waals surface area (Å²) in [6, 6.07) is -0.296. The van der Waals surface area contributed by atoms with E-state index >= 15 is 0 Å². The van der Waals surface area contributed by atoms with Crippen LogP contribution < -0.4 is 5.32 Å². The molecule has 1 rings (SSSR count). The highest BCUT2D eigenvalue weighted by Crippen LogP contribution is 2.12. The molecular formula is C11H19N3O2. The highest BCUT2D eigenvalue weighted by atomic mass is 16.4. The third kappa shape index (κ3) is 2.98. The zero-order valence-corrected chi connectivity index (χ0v) is 10.3. The van der Waals surface area contributed by atoms with Crippen molar-refractivity contribution in [1.82, 2.24) is 15.2 Å². The SMILES string of the molecule is CCN(CC)C(=O)NC(C)c1ncc(C)o1. The summed E-state index contributed by atoms with van der Waals surface area (Å²) in [4.78, 5) is 17.5. The van der Waals surface area contributed by atoms with Crippen molar-refractivity contribution in [3.63, 3.8) is 0 Å². The molecule has 0 aliphatic heterocycles. The van der Waals surface area contributed by atoms with Crippen LogP contribution in [-0.2, 0) is 0 Å². The van der Waals surface area contributed by atoms with Crippen LogP contribution in [0.1, 0.15) is 38.5 Å². The lowest BCUT2D eigenvalue weighted by atomic mass is 10.3. The van der Waals surface area contributed by atoms with Crippen molar-refractivity contribution in [3.8, 4) is 0 Å². The maximum atomic E-state index is 11.7. The van der Waals surface area contributed by atoms with Crippen LogP contribution in [0.25, 0.3) is 0 Å². The molecule has 0 aliphatic carbocycles. The minimum Gasteiger partial charge on any atom is -0.444 e. The number of aryl methyl sites for hydroxylation is 1. The van der Waals surface area contributed by atoms with Crippen molar-refractivity contribution < 1.29 is 9.21 Å². The Balaban J connectivity index is 2.57. The Hall–Kier alpha value is -1.52. The Kier molecular flexibility index (Phi) is 4.34. The van der Waals surface area contributed by atoms with Gasteiger partial charge in [0.25, 0.3) is 0 Å². The van der Waals surface area contributed by atoms with E-state index in [0.717, 1.165) is 5.76 Å². The van der Waals surface area contributed by atoms with Crippen LogP contribution in [0.15, 0.2) is 10.6 Å². The van der Waals surface area contributed by atoms with E-state index in [9.17, 15) is 4.79 Å². The number of amides is 2. The molecule has 1 heterocycles. The molecule has 1 aromatic rings. The van der Waals surface area contributed by atoms with Gasteiger partial charge in [-0.05, 0) is 27.7 Å². The number of rotatable bonds is 4. The molecule has 0 saturated heterocycles. The van der Waals surface area contributed by atoms with E-state index in [2.05, 4.69) is 10.3 Å². The van der Waals surface area contributed by atoms with Crippen LogP contribution >= 0.6 is 0 Å². The molecule has 1 N–H and O–H groups in total. The maximum absolute atomic E-state index is 11.7. The summed E-state index contributed by atoms with van der Waals surface area (Å²) in [5, 5.41) is 2.84. The van der Waals surface area contributed by atoms with E-state index < -0.39 is 0 Å². The van der Waals surface area contributed by atoms with Gasteiger partial charge >= 0.3 is 6.03 Å². The highest BCUT2D eigenvalue weighted by molar-refractivity contribution is 5.74. The first-order valence-corrected chi connectivity index (χ1v) is 5.56. The molecule has 0 spiro atoms. The summed E-state index contributed by atoms with van der Waals surface area (Å²) < 4.78 is 5.35. The van der Waals surface area contributed by atoms with Gasteiger partial charge in [0.15, 0.2) is 0 Å². The zero-order valence-electron chi connectivity index (χ0n) is 10.3. The summed E-state index contributed by atoms with van der Waals surface area (Å²) in [6.07, 6.45) is 1.65. The Labute approximate surface area is 95.8 Å². The first kappa shape index (κ1) is 12.5. The molecule has 0 saturated carbocycles. The lowest BCUT2D eigenvalue weighted by Crippen LogP contribution is -2.40. The first-order chi connectivity index (χ1) is 7.58. The molecule has 16 heavy (non-hydrogen) atoms. The molecule has 0 radical (unpaired) electrons. The van der Waals surface area contributed by atoms with Gasteiger partial charge in [0.2, 0.25) is 5.89 Å². The van der Waals surface area contributed by atoms with Crippen molar-refractivity contribution in [2.75, 3.05) is 13.1 Å². The van der Waals surface area contributed by atoms with Crippen molar-refractivity contribution in [3.05, 3.63) is 17.8 Å². The van der Waals surface area contributed by atoms with E-state index in [0.29, 0.717) is 19.0 Å². The lowest BCUT2D eigenvalue weighted by Gasteiger charge is -2.21. The molecule has 0 aromatic carbocycles. The van der Waals surface area contributed by atoms with Gasteiger partial charge in [-0.15, -0.1) is 0 Å². The number of carbonyl (C=O) groups is 1. The molecule has 2 amide bonds. The summed E-state index contributed by atoms with van der Waals surface area (Å²) >= 11 is 0. The lowest BCUT2D eigenvalue weighted by molar-refractivity contribution is 0.197. The van der Waals surface area contributed by atoms with E-state index in [-0.39, 0.29) is 12.1 Å². The third-order valence-electron chi connectivity index (χ3n) is 2.40. The second kappa shape index (κ2) is 5.53. The van der Waals surface area contributed by atoms with Crippen molar-refractivity contribution >= 4 is 6.03 Å². The summed E-state index contributed by atoms with van der Waals surface area (Å²) in [5.41, 5.74) is 0. The normalized spacial score (nSPS) is 12.2. The molecule has 0 bridgehead atoms. The average molecular weight is 225 g/mol. The Bertz CT molecular complexity index is 345. The molecule has 1 atom stereocenters. The molecule has 5 heteroatoms. The molecule has 1 aromatic heterocycles. The Morgan fingerprint density at radius 3 is 2.62 bits per heavy atom. The largest absolute Gasteiger partial charge is 0.444 e. The van der Waals surface area contributed by atoms with Crippen LogP contribution in [0.3, 0.4) is 0 Å². The number of nitrogens with one attached hydrogen (secondary N) is 1. The molecule has 90 valence electrons. The van der Waals surface area contributed by atoms with Gasteiger partial charge in [-0.1, -0.05) is 0 Å². The number of nitrogens with zero attached hydrogens (tertiary/aromatic N) is 2. The molecular weight excluding hydrogens is 206 g/mol. The van der Waals surface area contributed by atoms with Gasteiger partial charge < -0.3 is 14.6 Å². The number of oxazole rings is 1. The number of carbonyl (C=O) groups excluding carboxylic acids is 1. The predicted octanol–water partition coefficient (Wildman–Crippen LogP) is 2.10. The predicted molar refractivity (Wildman–Crippen MR) is 61.1 cm³/mol. The second-order valence-corrected chi connectivity index (χ2v) is 3.65. The topological polar surface area (TPSA) is 58.4 Å². The summed E-state index contributed by atoms with van der Waals surface area (Å²) in [5.74, 6) is 1.29. The van der Waals surface area contributed by atoms with Crippen molar-refractivity contribution in [2.24, 2.45) is 0 Å². The maximum Gasteiger partial charge on any atom is 0.318 e. The smallest absolute Gasteiger partial charge is 0.318 e. The summed E-state index contributed by atoms with van der Waals surface area (Å²) in [7, 11) is 0. The van der Waals surface area contributed by atoms with Crippen molar-refractivity contribution in [1.29, 1.82) is 0 Å². The van der Waals surface area contributed by atoms with Gasteiger partial charge in [-0.25, -0.2) is 9.78 Å². The van der Waals surface area contributed by atoms with E-state index in [1.807, 2.05) is 27.7 Å². The van der Waals surface area contributed by atoms with Crippen LogP contribution in [0.2, 0.25) is 0 Å². The van der Waals surface area contributed by atoms with Crippen LogP contribution in [0.4, 0.5) is 4.79 Å². The van der Waals surface area contributed by atoms with E-state index in [4.69, 9.17) is 4.42 Å². The standard InChI is InChI=1S/C11H19N3O2/c1-5-14(6-2)11(15)13-9(4)10-12-7-8(3)16-10/h7,9H,5-6H2,1-4H3,(H,13,15). The van der Waals surface area contributed by atoms with Crippen LogP contribution in [0.5, 0.6) is 0 Å². The quantitative estimate of drug-likeness (QED) is 0.853. The molecule has 0 fully saturated rings. The number of hydrogen-bond donors (Lipinski definition) is 1. The van der Waals surface area contributed by atoms with Gasteiger partial charge in [-0.3, -0.25) is 0 Å². The second-order valence-electron chi connectivity index (χ2n) is 3.65. The summed E-state index contributed by atoms with van der Waals surface area (Å²) in [6.45, 7) is 8.97. The van der Waals surface area contributed by atoms with Gasteiger partial charge in [-0.2, -0.15) is 0 Å². The molecule has 1 unspecified atom stereocenters. The Morgan fingerprint density at radius 2 is 2.19 bits per heavy atom. The van der Waals surface area contributed by atoms with Gasteiger partial charge in [0.1, 0.15) is 11.8 Å². The van der Waals surface area contributed by atoms with Crippen LogP contribution in [-0.4, -0.2) is 29.0 Å². The minimum absolute atomic E-state index is 0.0895. The van der Waals surface area contributed by atoms with Gasteiger partial charge in [0, 0.05) is 13.1 Å². The Morgan fingerprint density at radius 1 is 1.56 bits per heavy atom. The fourth-order valence-corrected chi connectivity index (χ4v) is 1.42. The number of hydrogen-bond acceptors (Lipinski definition) is 3. The molecule has 5 nitrogen and oxygen atoms in total. The van der Waals surface area contributed by atoms with Crippen molar-refractivity contribution in [2.45, 2.75) is 33.7 Å². The zero-order chi connectivity index (χ0) is 12.1. The van der Waals surface area contributed by atoms with Crippen LogP contribution in [0, 0.1) is 6.92 Å². The first-order valence-electron chi connectivity index (χ1n) is 5.56. The minimum atomic E-state index is -0.207. The fourth-order valence-electron chi connectivity index (χ4n) is 1.42. The number of aromatic nitrogens is 1. The van der Waals surface area contributed by atoms with Gasteiger partial charge in [0.05, 0.1) is 6.20 Å². The molecule has 0 aliphatic rings. The highest BCUT2D eigenvalue weighted by Gasteiger charge is 2.16. The average Bonchev–Trinajstić information content (AvgIpc) is 2.66. The third-order valence-corrected chi connectivity index (χ3v) is 2.40.